The molecule has 5 heteroatoms. The van der Waals surface area contributed by atoms with E-state index >= 15 is 0 Å². The fourth-order valence-electron chi connectivity index (χ4n) is 1.83. The van der Waals surface area contributed by atoms with Gasteiger partial charge < -0.3 is 10.4 Å². The van der Waals surface area contributed by atoms with E-state index < -0.39 is 5.97 Å². The number of anilines is 1. The average Bonchev–Trinajstić information content (AvgIpc) is 2.63. The number of aryl methyl sites for hydroxylation is 1. The minimum atomic E-state index is -0.892. The Morgan fingerprint density at radius 3 is 3.06 bits per heavy atom. The van der Waals surface area contributed by atoms with Gasteiger partial charge in [-0.1, -0.05) is 12.1 Å². The van der Waals surface area contributed by atoms with Gasteiger partial charge in [-0.2, -0.15) is 0 Å². The van der Waals surface area contributed by atoms with Crippen LogP contribution in [-0.4, -0.2) is 27.2 Å². The Balaban J connectivity index is 2.52. The molecule has 0 fully saturated rings. The van der Waals surface area contributed by atoms with Crippen LogP contribution < -0.4 is 5.32 Å². The number of hydrogen-bond acceptors (Lipinski definition) is 3. The summed E-state index contributed by atoms with van der Waals surface area (Å²) in [6, 6.07) is 5.77. The minimum Gasteiger partial charge on any atom is -0.480 e. The van der Waals surface area contributed by atoms with Crippen molar-refractivity contribution in [1.82, 2.24) is 9.55 Å². The van der Waals surface area contributed by atoms with Crippen LogP contribution >= 0.6 is 0 Å². The van der Waals surface area contributed by atoms with Gasteiger partial charge in [-0.05, 0) is 24.6 Å². The van der Waals surface area contributed by atoms with Gasteiger partial charge in [0.25, 0.3) is 0 Å². The fourth-order valence-corrected chi connectivity index (χ4v) is 1.83. The molecule has 0 radical (unpaired) electrons. The summed E-state index contributed by atoms with van der Waals surface area (Å²) in [6.07, 6.45) is 1.70. The zero-order valence-corrected chi connectivity index (χ0v) is 10.2. The van der Waals surface area contributed by atoms with Crippen molar-refractivity contribution in [3.8, 4) is 0 Å². The van der Waals surface area contributed by atoms with E-state index in [0.29, 0.717) is 12.5 Å². The maximum Gasteiger partial charge on any atom is 0.323 e. The van der Waals surface area contributed by atoms with Crippen LogP contribution in [0.25, 0.3) is 11.0 Å². The van der Waals surface area contributed by atoms with Crippen LogP contribution in [-0.2, 0) is 11.3 Å². The van der Waals surface area contributed by atoms with Gasteiger partial charge in [-0.3, -0.25) is 9.36 Å². The SMILES string of the molecule is C=CCNc1nc2cc(C)ccc2n1CC(=O)O. The second-order valence-corrected chi connectivity index (χ2v) is 4.08. The summed E-state index contributed by atoms with van der Waals surface area (Å²) in [6.45, 7) is 6.03. The number of carbonyl (C=O) groups is 1. The molecule has 2 N–H and O–H groups in total. The third kappa shape index (κ3) is 2.34. The van der Waals surface area contributed by atoms with E-state index in [1.165, 1.54) is 0 Å². The standard InChI is InChI=1S/C13H15N3O2/c1-3-6-14-13-15-10-7-9(2)4-5-11(10)16(13)8-12(17)18/h3-5,7H,1,6,8H2,2H3,(H,14,15)(H,17,18). The van der Waals surface area contributed by atoms with E-state index in [1.807, 2.05) is 25.1 Å². The number of rotatable bonds is 5. The van der Waals surface area contributed by atoms with E-state index in [-0.39, 0.29) is 6.54 Å². The molecule has 0 aliphatic rings. The first-order valence-electron chi connectivity index (χ1n) is 5.65. The van der Waals surface area contributed by atoms with Crippen molar-refractivity contribution in [3.63, 3.8) is 0 Å². The number of imidazole rings is 1. The van der Waals surface area contributed by atoms with Gasteiger partial charge in [-0.15, -0.1) is 6.58 Å². The first-order chi connectivity index (χ1) is 8.61. The van der Waals surface area contributed by atoms with Crippen LogP contribution in [0.4, 0.5) is 5.95 Å². The molecule has 0 saturated carbocycles. The van der Waals surface area contributed by atoms with Crippen molar-refractivity contribution in [2.24, 2.45) is 0 Å². The van der Waals surface area contributed by atoms with E-state index in [1.54, 1.807) is 10.6 Å². The second kappa shape index (κ2) is 4.91. The summed E-state index contributed by atoms with van der Waals surface area (Å²) in [5.74, 6) is -0.338. The number of carboxylic acids is 1. The predicted octanol–water partition coefficient (Wildman–Crippen LogP) is 2.03. The molecule has 0 amide bonds. The number of nitrogens with one attached hydrogen (secondary N) is 1. The first-order valence-corrected chi connectivity index (χ1v) is 5.65. The third-order valence-electron chi connectivity index (χ3n) is 2.60. The zero-order valence-electron chi connectivity index (χ0n) is 10.2. The molecule has 18 heavy (non-hydrogen) atoms. The molecule has 1 aromatic carbocycles. The van der Waals surface area contributed by atoms with Crippen molar-refractivity contribution in [2.75, 3.05) is 11.9 Å². The molecule has 0 unspecified atom stereocenters. The van der Waals surface area contributed by atoms with Crippen LogP contribution in [0.3, 0.4) is 0 Å². The quantitative estimate of drug-likeness (QED) is 0.791. The van der Waals surface area contributed by atoms with Crippen LogP contribution in [0.15, 0.2) is 30.9 Å². The fraction of sp³-hybridized carbons (Fsp3) is 0.231. The average molecular weight is 245 g/mol. The lowest BCUT2D eigenvalue weighted by molar-refractivity contribution is -0.137. The van der Waals surface area contributed by atoms with Crippen LogP contribution in [0.5, 0.6) is 0 Å². The van der Waals surface area contributed by atoms with Crippen LogP contribution in [0.1, 0.15) is 5.56 Å². The number of aliphatic carboxylic acids is 1. The number of hydrogen-bond donors (Lipinski definition) is 2. The van der Waals surface area contributed by atoms with Crippen molar-refractivity contribution in [2.45, 2.75) is 13.5 Å². The zero-order chi connectivity index (χ0) is 13.1. The largest absolute Gasteiger partial charge is 0.480 e. The van der Waals surface area contributed by atoms with Crippen molar-refractivity contribution in [3.05, 3.63) is 36.4 Å². The van der Waals surface area contributed by atoms with Gasteiger partial charge in [0.1, 0.15) is 6.54 Å². The molecule has 0 atom stereocenters. The normalized spacial score (nSPS) is 10.5. The van der Waals surface area contributed by atoms with Gasteiger partial charge in [0.2, 0.25) is 5.95 Å². The van der Waals surface area contributed by atoms with Crippen molar-refractivity contribution in [1.29, 1.82) is 0 Å². The monoisotopic (exact) mass is 245 g/mol. The van der Waals surface area contributed by atoms with E-state index in [4.69, 9.17) is 5.11 Å². The molecule has 1 aromatic heterocycles. The number of aromatic nitrogens is 2. The Bertz CT molecular complexity index is 602. The molecule has 2 rings (SSSR count). The first kappa shape index (κ1) is 12.2. The number of benzene rings is 1. The summed E-state index contributed by atoms with van der Waals surface area (Å²) in [5, 5.41) is 12.0. The number of nitrogens with zero attached hydrogens (tertiary/aromatic N) is 2. The molecule has 2 aromatic rings. The third-order valence-corrected chi connectivity index (χ3v) is 2.60. The summed E-state index contributed by atoms with van der Waals surface area (Å²) >= 11 is 0. The maximum absolute atomic E-state index is 10.9. The van der Waals surface area contributed by atoms with Crippen molar-refractivity contribution < 1.29 is 9.90 Å². The molecule has 0 bridgehead atoms. The predicted molar refractivity (Wildman–Crippen MR) is 70.8 cm³/mol. The molecule has 0 saturated heterocycles. The highest BCUT2D eigenvalue weighted by Gasteiger charge is 2.12. The summed E-state index contributed by atoms with van der Waals surface area (Å²) in [7, 11) is 0. The van der Waals surface area contributed by atoms with Crippen molar-refractivity contribution >= 4 is 23.0 Å². The van der Waals surface area contributed by atoms with Crippen LogP contribution in [0.2, 0.25) is 0 Å². The van der Waals surface area contributed by atoms with E-state index in [0.717, 1.165) is 16.6 Å². The molecular weight excluding hydrogens is 230 g/mol. The van der Waals surface area contributed by atoms with Gasteiger partial charge in [0.15, 0.2) is 0 Å². The molecule has 0 spiro atoms. The van der Waals surface area contributed by atoms with Gasteiger partial charge in [0, 0.05) is 6.54 Å². The maximum atomic E-state index is 10.9. The molecular formula is C13H15N3O2. The second-order valence-electron chi connectivity index (χ2n) is 4.08. The van der Waals surface area contributed by atoms with Crippen LogP contribution in [0, 0.1) is 6.92 Å². The summed E-state index contributed by atoms with van der Waals surface area (Å²) in [4.78, 5) is 15.3. The number of fused-ring (bicyclic) bond motifs is 1. The lowest BCUT2D eigenvalue weighted by Gasteiger charge is -2.06. The minimum absolute atomic E-state index is 0.112. The Hall–Kier alpha value is -2.30. The van der Waals surface area contributed by atoms with Gasteiger partial charge >= 0.3 is 5.97 Å². The van der Waals surface area contributed by atoms with Gasteiger partial charge in [-0.25, -0.2) is 4.98 Å². The molecule has 0 aliphatic heterocycles. The lowest BCUT2D eigenvalue weighted by atomic mass is 10.2. The Labute approximate surface area is 105 Å². The Morgan fingerprint density at radius 2 is 2.39 bits per heavy atom. The highest BCUT2D eigenvalue weighted by molar-refractivity contribution is 5.81. The topological polar surface area (TPSA) is 67.2 Å². The Morgan fingerprint density at radius 1 is 1.61 bits per heavy atom. The highest BCUT2D eigenvalue weighted by atomic mass is 16.4. The summed E-state index contributed by atoms with van der Waals surface area (Å²) in [5.41, 5.74) is 2.70. The van der Waals surface area contributed by atoms with E-state index in [9.17, 15) is 4.79 Å². The molecule has 1 heterocycles. The smallest absolute Gasteiger partial charge is 0.323 e. The Kier molecular flexibility index (Phi) is 3.32. The highest BCUT2D eigenvalue weighted by Crippen LogP contribution is 2.20. The summed E-state index contributed by atoms with van der Waals surface area (Å²) < 4.78 is 1.65. The molecule has 0 aliphatic carbocycles. The molecule has 94 valence electrons. The lowest BCUT2D eigenvalue weighted by Crippen LogP contribution is -2.13. The number of carboxylic acid groups (broad SMARTS) is 1. The van der Waals surface area contributed by atoms with Gasteiger partial charge in [0.05, 0.1) is 11.0 Å². The van der Waals surface area contributed by atoms with E-state index in [2.05, 4.69) is 16.9 Å². The molecule has 5 nitrogen and oxygen atoms in total.